The Morgan fingerprint density at radius 1 is 1.16 bits per heavy atom. The fourth-order valence-corrected chi connectivity index (χ4v) is 3.13. The van der Waals surface area contributed by atoms with Crippen LogP contribution in [0, 0.1) is 0 Å². The van der Waals surface area contributed by atoms with Gasteiger partial charge < -0.3 is 10.1 Å². The van der Waals surface area contributed by atoms with E-state index in [1.165, 1.54) is 10.4 Å². The molecule has 0 saturated carbocycles. The molecule has 2 atom stereocenters. The van der Waals surface area contributed by atoms with Crippen LogP contribution in [0.3, 0.4) is 0 Å². The van der Waals surface area contributed by atoms with Crippen LogP contribution in [0.5, 0.6) is 0 Å². The number of ether oxygens (including phenoxy) is 1. The second-order valence-electron chi connectivity index (χ2n) is 4.51. The predicted molar refractivity (Wildman–Crippen MR) is 81.7 cm³/mol. The van der Waals surface area contributed by atoms with E-state index in [0.717, 1.165) is 13.0 Å². The Bertz CT molecular complexity index is 455. The molecule has 19 heavy (non-hydrogen) atoms. The van der Waals surface area contributed by atoms with Gasteiger partial charge in [0.25, 0.3) is 0 Å². The molecule has 2 nitrogen and oxygen atoms in total. The molecular weight excluding hydrogens is 254 g/mol. The van der Waals surface area contributed by atoms with Crippen LogP contribution >= 0.6 is 11.3 Å². The summed E-state index contributed by atoms with van der Waals surface area (Å²) in [6.07, 6.45) is 1.09. The number of hydrogen-bond donors (Lipinski definition) is 1. The quantitative estimate of drug-likeness (QED) is 0.832. The molecule has 0 bridgehead atoms. The van der Waals surface area contributed by atoms with Crippen molar-refractivity contribution in [2.24, 2.45) is 0 Å². The van der Waals surface area contributed by atoms with Gasteiger partial charge in [-0.1, -0.05) is 43.3 Å². The summed E-state index contributed by atoms with van der Waals surface area (Å²) in [6.45, 7) is 3.09. The molecule has 1 aromatic heterocycles. The molecular formula is C16H21NOS. The van der Waals surface area contributed by atoms with E-state index < -0.39 is 0 Å². The van der Waals surface area contributed by atoms with Crippen LogP contribution in [0.2, 0.25) is 0 Å². The second kappa shape index (κ2) is 7.43. The molecule has 0 saturated heterocycles. The molecule has 2 aromatic rings. The minimum absolute atomic E-state index is 0.0863. The van der Waals surface area contributed by atoms with Crippen molar-refractivity contribution in [3.05, 3.63) is 58.3 Å². The molecule has 1 heterocycles. The van der Waals surface area contributed by atoms with Gasteiger partial charge in [-0.2, -0.15) is 0 Å². The lowest BCUT2D eigenvalue weighted by molar-refractivity contribution is 0.0686. The van der Waals surface area contributed by atoms with E-state index >= 15 is 0 Å². The van der Waals surface area contributed by atoms with Gasteiger partial charge in [-0.3, -0.25) is 0 Å². The second-order valence-corrected chi connectivity index (χ2v) is 5.55. The Morgan fingerprint density at radius 3 is 2.53 bits per heavy atom. The average Bonchev–Trinajstić information content (AvgIpc) is 2.94. The molecule has 0 aliphatic rings. The maximum Gasteiger partial charge on any atom is 0.0977 e. The van der Waals surface area contributed by atoms with E-state index in [4.69, 9.17) is 4.74 Å². The van der Waals surface area contributed by atoms with E-state index in [1.54, 1.807) is 18.4 Å². The third-order valence-corrected chi connectivity index (χ3v) is 4.11. The monoisotopic (exact) mass is 275 g/mol. The number of thiophene rings is 1. The fourth-order valence-electron chi connectivity index (χ4n) is 2.37. The molecule has 0 fully saturated rings. The van der Waals surface area contributed by atoms with Gasteiger partial charge in [-0.15, -0.1) is 11.3 Å². The van der Waals surface area contributed by atoms with E-state index in [1.807, 2.05) is 6.07 Å². The summed E-state index contributed by atoms with van der Waals surface area (Å²) < 4.78 is 5.74. The predicted octanol–water partition coefficient (Wildman–Crippen LogP) is 3.66. The van der Waals surface area contributed by atoms with Gasteiger partial charge in [-0.25, -0.2) is 0 Å². The van der Waals surface area contributed by atoms with Crippen LogP contribution in [0.25, 0.3) is 0 Å². The Kier molecular flexibility index (Phi) is 5.58. The summed E-state index contributed by atoms with van der Waals surface area (Å²) in [5, 5.41) is 5.68. The van der Waals surface area contributed by atoms with E-state index in [2.05, 4.69) is 54.0 Å². The minimum atomic E-state index is 0.0863. The molecule has 1 N–H and O–H groups in total. The highest BCUT2D eigenvalue weighted by molar-refractivity contribution is 7.09. The Hall–Kier alpha value is -1.16. The van der Waals surface area contributed by atoms with Gasteiger partial charge in [0.2, 0.25) is 0 Å². The summed E-state index contributed by atoms with van der Waals surface area (Å²) in [5.74, 6) is 0. The van der Waals surface area contributed by atoms with Crippen LogP contribution in [0.4, 0.5) is 0 Å². The molecule has 0 aliphatic carbocycles. The van der Waals surface area contributed by atoms with E-state index in [-0.39, 0.29) is 6.10 Å². The molecule has 2 rings (SSSR count). The first-order valence-corrected chi connectivity index (χ1v) is 7.56. The van der Waals surface area contributed by atoms with Crippen molar-refractivity contribution in [2.75, 3.05) is 13.7 Å². The molecule has 0 spiro atoms. The largest absolute Gasteiger partial charge is 0.375 e. The third kappa shape index (κ3) is 3.90. The maximum absolute atomic E-state index is 5.74. The molecule has 2 unspecified atom stereocenters. The summed E-state index contributed by atoms with van der Waals surface area (Å²) in [4.78, 5) is 1.39. The van der Waals surface area contributed by atoms with E-state index in [9.17, 15) is 0 Å². The smallest absolute Gasteiger partial charge is 0.0977 e. The van der Waals surface area contributed by atoms with Crippen molar-refractivity contribution in [3.8, 4) is 0 Å². The Balaban J connectivity index is 2.16. The molecule has 102 valence electrons. The van der Waals surface area contributed by atoms with Gasteiger partial charge in [0, 0.05) is 18.0 Å². The normalized spacial score (nSPS) is 14.2. The highest BCUT2D eigenvalue weighted by Gasteiger charge is 2.22. The summed E-state index contributed by atoms with van der Waals surface area (Å²) in [6, 6.07) is 15.0. The van der Waals surface area contributed by atoms with Gasteiger partial charge in [-0.05, 0) is 30.0 Å². The number of benzene rings is 1. The van der Waals surface area contributed by atoms with Crippen LogP contribution < -0.4 is 5.32 Å². The van der Waals surface area contributed by atoms with Gasteiger partial charge >= 0.3 is 0 Å². The zero-order valence-electron chi connectivity index (χ0n) is 11.5. The highest BCUT2D eigenvalue weighted by atomic mass is 32.1. The van der Waals surface area contributed by atoms with Crippen LogP contribution in [-0.4, -0.2) is 19.7 Å². The van der Waals surface area contributed by atoms with Gasteiger partial charge in [0.15, 0.2) is 0 Å². The van der Waals surface area contributed by atoms with Crippen molar-refractivity contribution in [2.45, 2.75) is 25.5 Å². The van der Waals surface area contributed by atoms with Crippen LogP contribution in [-0.2, 0) is 11.2 Å². The number of nitrogens with one attached hydrogen (secondary N) is 1. The van der Waals surface area contributed by atoms with Crippen molar-refractivity contribution in [1.29, 1.82) is 0 Å². The third-order valence-electron chi connectivity index (χ3n) is 3.22. The number of likely N-dealkylation sites (N-methyl/N-ethyl adjacent to an activating group) is 1. The molecule has 3 heteroatoms. The number of hydrogen-bond acceptors (Lipinski definition) is 3. The molecule has 0 aliphatic heterocycles. The standard InChI is InChI=1S/C16H21NOS/c1-3-17-15(12-14-10-7-11-19-14)16(18-2)13-8-5-4-6-9-13/h4-11,15-17H,3,12H2,1-2H3. The SMILES string of the molecule is CCNC(Cc1cccs1)C(OC)c1ccccc1. The highest BCUT2D eigenvalue weighted by Crippen LogP contribution is 2.24. The number of rotatable bonds is 7. The number of methoxy groups -OCH3 is 1. The maximum atomic E-state index is 5.74. The Labute approximate surface area is 119 Å². The Morgan fingerprint density at radius 2 is 1.95 bits per heavy atom. The fraction of sp³-hybridized carbons (Fsp3) is 0.375. The lowest BCUT2D eigenvalue weighted by Crippen LogP contribution is -2.37. The summed E-state index contributed by atoms with van der Waals surface area (Å²) >= 11 is 1.80. The lowest BCUT2D eigenvalue weighted by atomic mass is 9.99. The molecule has 0 radical (unpaired) electrons. The van der Waals surface area contributed by atoms with Gasteiger partial charge in [0.1, 0.15) is 0 Å². The summed E-state index contributed by atoms with van der Waals surface area (Å²) in [7, 11) is 1.79. The molecule has 1 aromatic carbocycles. The van der Waals surface area contributed by atoms with Gasteiger partial charge in [0.05, 0.1) is 6.10 Å². The molecule has 0 amide bonds. The average molecular weight is 275 g/mol. The first-order chi connectivity index (χ1) is 9.35. The minimum Gasteiger partial charge on any atom is -0.375 e. The van der Waals surface area contributed by atoms with Crippen LogP contribution in [0.1, 0.15) is 23.5 Å². The van der Waals surface area contributed by atoms with Crippen molar-refractivity contribution >= 4 is 11.3 Å². The first-order valence-electron chi connectivity index (χ1n) is 6.68. The zero-order valence-corrected chi connectivity index (χ0v) is 12.3. The lowest BCUT2D eigenvalue weighted by Gasteiger charge is -2.27. The van der Waals surface area contributed by atoms with Crippen molar-refractivity contribution in [3.63, 3.8) is 0 Å². The summed E-state index contributed by atoms with van der Waals surface area (Å²) in [5.41, 5.74) is 1.23. The van der Waals surface area contributed by atoms with Crippen molar-refractivity contribution < 1.29 is 4.74 Å². The topological polar surface area (TPSA) is 21.3 Å². The van der Waals surface area contributed by atoms with Crippen molar-refractivity contribution in [1.82, 2.24) is 5.32 Å². The van der Waals surface area contributed by atoms with E-state index in [0.29, 0.717) is 6.04 Å². The first kappa shape index (κ1) is 14.3. The van der Waals surface area contributed by atoms with Crippen LogP contribution in [0.15, 0.2) is 47.8 Å². The zero-order chi connectivity index (χ0) is 13.5.